The Morgan fingerprint density at radius 1 is 1.19 bits per heavy atom. The van der Waals surface area contributed by atoms with E-state index in [2.05, 4.69) is 5.32 Å². The fourth-order valence-electron chi connectivity index (χ4n) is 2.06. The van der Waals surface area contributed by atoms with Crippen molar-refractivity contribution in [3.63, 3.8) is 0 Å². The summed E-state index contributed by atoms with van der Waals surface area (Å²) in [6.07, 6.45) is 0.516. The van der Waals surface area contributed by atoms with Gasteiger partial charge in [0.2, 0.25) is 0 Å². The van der Waals surface area contributed by atoms with Gasteiger partial charge in [-0.15, -0.1) is 0 Å². The molecule has 0 fully saturated rings. The number of carbonyl (C=O) groups is 1. The second-order valence-corrected chi connectivity index (χ2v) is 4.81. The molecule has 0 bridgehead atoms. The van der Waals surface area contributed by atoms with Crippen molar-refractivity contribution in [2.45, 2.75) is 12.5 Å². The van der Waals surface area contributed by atoms with Crippen LogP contribution in [0.1, 0.15) is 15.9 Å². The summed E-state index contributed by atoms with van der Waals surface area (Å²) in [6, 6.07) is 13.3. The summed E-state index contributed by atoms with van der Waals surface area (Å²) < 4.78 is 0. The smallest absolute Gasteiger partial charge is 0.253 e. The van der Waals surface area contributed by atoms with E-state index in [1.54, 1.807) is 0 Å². The number of phenolic OH excluding ortho intramolecular Hbond substituents is 1. The Morgan fingerprint density at radius 2 is 1.90 bits per heavy atom. The minimum atomic E-state index is -0.418. The van der Waals surface area contributed by atoms with Crippen LogP contribution in [0.5, 0.6) is 5.75 Å². The predicted molar refractivity (Wildman–Crippen MR) is 81.0 cm³/mol. The van der Waals surface area contributed by atoms with E-state index in [1.807, 2.05) is 30.3 Å². The van der Waals surface area contributed by atoms with Crippen LogP contribution in [0, 0.1) is 0 Å². The molecule has 0 aliphatic rings. The van der Waals surface area contributed by atoms with Crippen molar-refractivity contribution in [3.8, 4) is 5.75 Å². The number of rotatable bonds is 5. The van der Waals surface area contributed by atoms with Crippen LogP contribution >= 0.6 is 0 Å². The molecular weight excluding hydrogens is 268 g/mol. The summed E-state index contributed by atoms with van der Waals surface area (Å²) in [5, 5.41) is 21.6. The molecule has 5 heteroatoms. The summed E-state index contributed by atoms with van der Waals surface area (Å²) in [5.41, 5.74) is 7.22. The zero-order chi connectivity index (χ0) is 15.2. The van der Waals surface area contributed by atoms with Crippen LogP contribution < -0.4 is 11.1 Å². The molecule has 5 N–H and O–H groups in total. The zero-order valence-electron chi connectivity index (χ0n) is 11.5. The van der Waals surface area contributed by atoms with Crippen LogP contribution in [0.2, 0.25) is 0 Å². The second kappa shape index (κ2) is 6.76. The maximum atomic E-state index is 12.2. The largest absolute Gasteiger partial charge is 0.508 e. The maximum Gasteiger partial charge on any atom is 0.253 e. The van der Waals surface area contributed by atoms with Gasteiger partial charge < -0.3 is 21.3 Å². The monoisotopic (exact) mass is 286 g/mol. The molecule has 2 aromatic carbocycles. The molecule has 2 aromatic rings. The Kier molecular flexibility index (Phi) is 4.79. The summed E-state index contributed by atoms with van der Waals surface area (Å²) in [5.74, 6) is -0.448. The third kappa shape index (κ3) is 3.97. The summed E-state index contributed by atoms with van der Waals surface area (Å²) >= 11 is 0. The highest BCUT2D eigenvalue weighted by Gasteiger charge is 2.16. The standard InChI is InChI=1S/C16H18N2O3/c17-15-7-6-13(20)9-14(15)16(21)18-12(10-19)8-11-4-2-1-3-5-11/h1-7,9,12,19-20H,8,10,17H2,(H,18,21)/t12-/m0/s1. The maximum absolute atomic E-state index is 12.2. The average Bonchev–Trinajstić information content (AvgIpc) is 2.50. The van der Waals surface area contributed by atoms with Crippen molar-refractivity contribution < 1.29 is 15.0 Å². The lowest BCUT2D eigenvalue weighted by molar-refractivity contribution is 0.0917. The van der Waals surface area contributed by atoms with E-state index in [9.17, 15) is 15.0 Å². The quantitative estimate of drug-likeness (QED) is 0.492. The van der Waals surface area contributed by atoms with Gasteiger partial charge in [-0.05, 0) is 30.2 Å². The number of nitrogens with two attached hydrogens (primary N) is 1. The summed E-state index contributed by atoms with van der Waals surface area (Å²) in [6.45, 7) is -0.181. The van der Waals surface area contributed by atoms with E-state index in [-0.39, 0.29) is 23.6 Å². The third-order valence-corrected chi connectivity index (χ3v) is 3.16. The van der Waals surface area contributed by atoms with Gasteiger partial charge in [-0.3, -0.25) is 4.79 Å². The van der Waals surface area contributed by atoms with Crippen molar-refractivity contribution in [2.75, 3.05) is 12.3 Å². The Balaban J connectivity index is 2.07. The van der Waals surface area contributed by atoms with Crippen LogP contribution in [0.25, 0.3) is 0 Å². The highest BCUT2D eigenvalue weighted by atomic mass is 16.3. The van der Waals surface area contributed by atoms with Gasteiger partial charge in [0, 0.05) is 5.69 Å². The van der Waals surface area contributed by atoms with Gasteiger partial charge in [0.1, 0.15) is 5.75 Å². The van der Waals surface area contributed by atoms with Gasteiger partial charge in [-0.1, -0.05) is 30.3 Å². The fraction of sp³-hybridized carbons (Fsp3) is 0.188. The molecule has 0 radical (unpaired) electrons. The van der Waals surface area contributed by atoms with E-state index < -0.39 is 11.9 Å². The van der Waals surface area contributed by atoms with Crippen molar-refractivity contribution >= 4 is 11.6 Å². The molecule has 0 aliphatic carbocycles. The van der Waals surface area contributed by atoms with Crippen LogP contribution in [0.15, 0.2) is 48.5 Å². The minimum absolute atomic E-state index is 0.0297. The first kappa shape index (κ1) is 14.9. The van der Waals surface area contributed by atoms with Gasteiger partial charge in [-0.25, -0.2) is 0 Å². The molecule has 5 nitrogen and oxygen atoms in total. The number of aliphatic hydroxyl groups is 1. The molecule has 0 heterocycles. The summed E-state index contributed by atoms with van der Waals surface area (Å²) in [7, 11) is 0. The highest BCUT2D eigenvalue weighted by molar-refractivity contribution is 5.99. The highest BCUT2D eigenvalue weighted by Crippen LogP contribution is 2.18. The molecule has 0 aliphatic heterocycles. The normalized spacial score (nSPS) is 11.9. The number of nitrogens with one attached hydrogen (secondary N) is 1. The van der Waals surface area contributed by atoms with Crippen LogP contribution in [0.3, 0.4) is 0 Å². The Labute approximate surface area is 123 Å². The van der Waals surface area contributed by atoms with Crippen LogP contribution in [0.4, 0.5) is 5.69 Å². The summed E-state index contributed by atoms with van der Waals surface area (Å²) in [4.78, 5) is 12.2. The molecule has 2 rings (SSSR count). The molecule has 0 spiro atoms. The number of benzene rings is 2. The van der Waals surface area contributed by atoms with Crippen molar-refractivity contribution in [1.82, 2.24) is 5.32 Å². The zero-order valence-corrected chi connectivity index (χ0v) is 11.5. The van der Waals surface area contributed by atoms with E-state index in [0.29, 0.717) is 6.42 Å². The first-order valence-electron chi connectivity index (χ1n) is 6.64. The van der Waals surface area contributed by atoms with Gasteiger partial charge in [0.05, 0.1) is 18.2 Å². The van der Waals surface area contributed by atoms with Gasteiger partial charge in [0.25, 0.3) is 5.91 Å². The molecule has 0 saturated carbocycles. The third-order valence-electron chi connectivity index (χ3n) is 3.16. The van der Waals surface area contributed by atoms with Crippen molar-refractivity contribution in [2.24, 2.45) is 0 Å². The Bertz CT molecular complexity index is 614. The topological polar surface area (TPSA) is 95.6 Å². The molecule has 0 saturated heterocycles. The minimum Gasteiger partial charge on any atom is -0.508 e. The SMILES string of the molecule is Nc1ccc(O)cc1C(=O)N[C@H](CO)Cc1ccccc1. The number of hydrogen-bond donors (Lipinski definition) is 4. The van der Waals surface area contributed by atoms with Crippen molar-refractivity contribution in [3.05, 3.63) is 59.7 Å². The first-order chi connectivity index (χ1) is 10.1. The number of hydrogen-bond acceptors (Lipinski definition) is 4. The van der Waals surface area contributed by atoms with Gasteiger partial charge >= 0.3 is 0 Å². The number of nitrogen functional groups attached to an aromatic ring is 1. The second-order valence-electron chi connectivity index (χ2n) is 4.81. The van der Waals surface area contributed by atoms with Crippen LogP contribution in [-0.2, 0) is 6.42 Å². The molecule has 110 valence electrons. The molecule has 0 unspecified atom stereocenters. The number of phenols is 1. The van der Waals surface area contributed by atoms with Crippen molar-refractivity contribution in [1.29, 1.82) is 0 Å². The predicted octanol–water partition coefficient (Wildman–Crippen LogP) is 1.31. The van der Waals surface area contributed by atoms with Gasteiger partial charge in [0.15, 0.2) is 0 Å². The number of amides is 1. The van der Waals surface area contributed by atoms with Crippen LogP contribution in [-0.4, -0.2) is 28.8 Å². The lowest BCUT2D eigenvalue weighted by atomic mass is 10.1. The van der Waals surface area contributed by atoms with E-state index in [1.165, 1.54) is 18.2 Å². The Morgan fingerprint density at radius 3 is 2.57 bits per heavy atom. The van der Waals surface area contributed by atoms with E-state index >= 15 is 0 Å². The number of aliphatic hydroxyl groups excluding tert-OH is 1. The first-order valence-corrected chi connectivity index (χ1v) is 6.64. The van der Waals surface area contributed by atoms with E-state index in [0.717, 1.165) is 5.56 Å². The molecular formula is C16H18N2O3. The average molecular weight is 286 g/mol. The number of anilines is 1. The Hall–Kier alpha value is -2.53. The van der Waals surface area contributed by atoms with E-state index in [4.69, 9.17) is 5.73 Å². The van der Waals surface area contributed by atoms with Gasteiger partial charge in [-0.2, -0.15) is 0 Å². The molecule has 1 atom stereocenters. The lowest BCUT2D eigenvalue weighted by Gasteiger charge is -2.17. The molecule has 21 heavy (non-hydrogen) atoms. The molecule has 1 amide bonds. The lowest BCUT2D eigenvalue weighted by Crippen LogP contribution is -2.39. The number of aromatic hydroxyl groups is 1. The molecule has 0 aromatic heterocycles. The number of carbonyl (C=O) groups excluding carboxylic acids is 1. The fourth-order valence-corrected chi connectivity index (χ4v) is 2.06.